The molecule has 1 N–H and O–H groups in total. The molecule has 0 atom stereocenters. The smallest absolute Gasteiger partial charge is 0.0590 e. The molecule has 2 nitrogen and oxygen atoms in total. The second kappa shape index (κ2) is 12.0. The van der Waals surface area contributed by atoms with Crippen LogP contribution in [0.3, 0.4) is 0 Å². The van der Waals surface area contributed by atoms with E-state index >= 15 is 0 Å². The van der Waals surface area contributed by atoms with Gasteiger partial charge in [0.05, 0.1) is 6.61 Å². The van der Waals surface area contributed by atoms with Crippen LogP contribution in [0.5, 0.6) is 0 Å². The van der Waals surface area contributed by atoms with Crippen molar-refractivity contribution in [3.63, 3.8) is 0 Å². The molecule has 0 saturated heterocycles. The van der Waals surface area contributed by atoms with Gasteiger partial charge in [0.1, 0.15) is 0 Å². The van der Waals surface area contributed by atoms with Crippen molar-refractivity contribution in [2.24, 2.45) is 0 Å². The molecule has 0 amide bonds. The minimum absolute atomic E-state index is 0.774. The van der Waals surface area contributed by atoms with Gasteiger partial charge in [-0.15, -0.1) is 0 Å². The quantitative estimate of drug-likeness (QED) is 0.556. The molecule has 1 saturated carbocycles. The Kier molecular flexibility index (Phi) is 10.6. The van der Waals surface area contributed by atoms with Gasteiger partial charge in [-0.25, -0.2) is 0 Å². The molecule has 2 heteroatoms. The molecule has 1 aliphatic rings. The van der Waals surface area contributed by atoms with Gasteiger partial charge >= 0.3 is 0 Å². The van der Waals surface area contributed by atoms with E-state index in [2.05, 4.69) is 12.2 Å². The third kappa shape index (κ3) is 8.93. The van der Waals surface area contributed by atoms with Crippen molar-refractivity contribution in [2.45, 2.75) is 83.6 Å². The molecule has 0 aromatic heterocycles. The Bertz CT molecular complexity index is 166. The summed E-state index contributed by atoms with van der Waals surface area (Å²) in [6.07, 6.45) is 15.1. The Morgan fingerprint density at radius 1 is 0.889 bits per heavy atom. The maximum atomic E-state index is 5.67. The van der Waals surface area contributed by atoms with Crippen molar-refractivity contribution in [1.29, 1.82) is 0 Å². The number of hydrogen-bond donors (Lipinski definition) is 1. The SMILES string of the molecule is CCCCCCCCOCCNC1CCCCC1. The molecule has 0 unspecified atom stereocenters. The average molecular weight is 255 g/mol. The van der Waals surface area contributed by atoms with Crippen molar-refractivity contribution in [3.05, 3.63) is 0 Å². The van der Waals surface area contributed by atoms with Crippen LogP contribution >= 0.6 is 0 Å². The molecule has 1 rings (SSSR count). The van der Waals surface area contributed by atoms with Crippen molar-refractivity contribution in [1.82, 2.24) is 5.32 Å². The van der Waals surface area contributed by atoms with E-state index in [1.54, 1.807) is 0 Å². The third-order valence-electron chi connectivity index (χ3n) is 3.93. The van der Waals surface area contributed by atoms with Gasteiger partial charge < -0.3 is 10.1 Å². The topological polar surface area (TPSA) is 21.3 Å². The minimum atomic E-state index is 0.774. The van der Waals surface area contributed by atoms with E-state index in [1.807, 2.05) is 0 Å². The Morgan fingerprint density at radius 2 is 1.61 bits per heavy atom. The molecule has 18 heavy (non-hydrogen) atoms. The van der Waals surface area contributed by atoms with Crippen LogP contribution in [0.15, 0.2) is 0 Å². The highest BCUT2D eigenvalue weighted by Gasteiger charge is 2.11. The van der Waals surface area contributed by atoms with Gasteiger partial charge in [0, 0.05) is 19.2 Å². The van der Waals surface area contributed by atoms with E-state index in [-0.39, 0.29) is 0 Å². The van der Waals surface area contributed by atoms with Crippen molar-refractivity contribution >= 4 is 0 Å². The second-order valence-corrected chi connectivity index (χ2v) is 5.67. The van der Waals surface area contributed by atoms with Gasteiger partial charge in [0.25, 0.3) is 0 Å². The summed E-state index contributed by atoms with van der Waals surface area (Å²) in [6.45, 7) is 5.16. The zero-order valence-corrected chi connectivity index (χ0v) is 12.4. The lowest BCUT2D eigenvalue weighted by molar-refractivity contribution is 0.128. The zero-order valence-electron chi connectivity index (χ0n) is 12.4. The minimum Gasteiger partial charge on any atom is -0.380 e. The first-order valence-corrected chi connectivity index (χ1v) is 8.24. The predicted octanol–water partition coefficient (Wildman–Crippen LogP) is 4.29. The lowest BCUT2D eigenvalue weighted by Crippen LogP contribution is -2.33. The summed E-state index contributed by atoms with van der Waals surface area (Å²) in [5.74, 6) is 0. The highest BCUT2D eigenvalue weighted by atomic mass is 16.5. The molecule has 0 heterocycles. The van der Waals surface area contributed by atoms with E-state index in [0.717, 1.165) is 25.8 Å². The van der Waals surface area contributed by atoms with Crippen LogP contribution in [0.4, 0.5) is 0 Å². The molecule has 1 fully saturated rings. The standard InChI is InChI=1S/C16H33NO/c1-2-3-4-5-6-10-14-18-15-13-17-16-11-8-7-9-12-16/h16-17H,2-15H2,1H3. The number of rotatable bonds is 11. The fourth-order valence-corrected chi connectivity index (χ4v) is 2.73. The zero-order chi connectivity index (χ0) is 12.9. The molecule has 0 aliphatic heterocycles. The molecule has 0 aromatic carbocycles. The first-order valence-electron chi connectivity index (χ1n) is 8.24. The maximum Gasteiger partial charge on any atom is 0.0590 e. The average Bonchev–Trinajstić information content (AvgIpc) is 2.42. The van der Waals surface area contributed by atoms with Crippen LogP contribution in [0.1, 0.15) is 77.6 Å². The van der Waals surface area contributed by atoms with Gasteiger partial charge in [-0.2, -0.15) is 0 Å². The summed E-state index contributed by atoms with van der Waals surface area (Å²) in [5.41, 5.74) is 0. The summed E-state index contributed by atoms with van der Waals surface area (Å²) in [4.78, 5) is 0. The summed E-state index contributed by atoms with van der Waals surface area (Å²) < 4.78 is 5.67. The molecule has 0 radical (unpaired) electrons. The predicted molar refractivity (Wildman–Crippen MR) is 79.1 cm³/mol. The van der Waals surface area contributed by atoms with E-state index in [1.165, 1.54) is 70.6 Å². The molecule has 0 spiro atoms. The van der Waals surface area contributed by atoms with Gasteiger partial charge in [-0.1, -0.05) is 58.3 Å². The monoisotopic (exact) mass is 255 g/mol. The van der Waals surface area contributed by atoms with Crippen molar-refractivity contribution in [3.8, 4) is 0 Å². The van der Waals surface area contributed by atoms with Crippen LogP contribution in [-0.4, -0.2) is 25.8 Å². The maximum absolute atomic E-state index is 5.67. The number of nitrogens with one attached hydrogen (secondary N) is 1. The molecule has 1 aliphatic carbocycles. The molecule has 0 aromatic rings. The Balaban J connectivity index is 1.73. The Labute approximate surface area is 114 Å². The van der Waals surface area contributed by atoms with E-state index < -0.39 is 0 Å². The van der Waals surface area contributed by atoms with Crippen LogP contribution < -0.4 is 5.32 Å². The van der Waals surface area contributed by atoms with Crippen LogP contribution in [0.2, 0.25) is 0 Å². The number of ether oxygens (including phenoxy) is 1. The molecular weight excluding hydrogens is 222 g/mol. The first-order chi connectivity index (χ1) is 8.93. The van der Waals surface area contributed by atoms with Gasteiger partial charge in [-0.3, -0.25) is 0 Å². The fraction of sp³-hybridized carbons (Fsp3) is 1.00. The van der Waals surface area contributed by atoms with Crippen molar-refractivity contribution < 1.29 is 4.74 Å². The lowest BCUT2D eigenvalue weighted by atomic mass is 9.96. The number of unbranched alkanes of at least 4 members (excludes halogenated alkanes) is 5. The van der Waals surface area contributed by atoms with E-state index in [9.17, 15) is 0 Å². The van der Waals surface area contributed by atoms with Crippen LogP contribution in [0, 0.1) is 0 Å². The molecule has 108 valence electrons. The lowest BCUT2D eigenvalue weighted by Gasteiger charge is -2.22. The van der Waals surface area contributed by atoms with Gasteiger partial charge in [0.15, 0.2) is 0 Å². The molecule has 0 bridgehead atoms. The summed E-state index contributed by atoms with van der Waals surface area (Å²) >= 11 is 0. The largest absolute Gasteiger partial charge is 0.380 e. The summed E-state index contributed by atoms with van der Waals surface area (Å²) in [7, 11) is 0. The van der Waals surface area contributed by atoms with Crippen LogP contribution in [0.25, 0.3) is 0 Å². The van der Waals surface area contributed by atoms with Crippen molar-refractivity contribution in [2.75, 3.05) is 19.8 Å². The first kappa shape index (κ1) is 16.0. The fourth-order valence-electron chi connectivity index (χ4n) is 2.73. The summed E-state index contributed by atoms with van der Waals surface area (Å²) in [6, 6.07) is 0.774. The Morgan fingerprint density at radius 3 is 2.39 bits per heavy atom. The normalized spacial score (nSPS) is 17.2. The highest BCUT2D eigenvalue weighted by Crippen LogP contribution is 2.16. The Hall–Kier alpha value is -0.0800. The van der Waals surface area contributed by atoms with E-state index in [0.29, 0.717) is 0 Å². The van der Waals surface area contributed by atoms with Gasteiger partial charge in [-0.05, 0) is 19.3 Å². The number of hydrogen-bond acceptors (Lipinski definition) is 2. The van der Waals surface area contributed by atoms with Crippen LogP contribution in [-0.2, 0) is 4.74 Å². The second-order valence-electron chi connectivity index (χ2n) is 5.67. The molecular formula is C16H33NO. The van der Waals surface area contributed by atoms with Gasteiger partial charge in [0.2, 0.25) is 0 Å². The van der Waals surface area contributed by atoms with E-state index in [4.69, 9.17) is 4.74 Å². The summed E-state index contributed by atoms with van der Waals surface area (Å²) in [5, 5.41) is 3.62. The third-order valence-corrected chi connectivity index (χ3v) is 3.93. The highest BCUT2D eigenvalue weighted by molar-refractivity contribution is 4.71.